The Balaban J connectivity index is 4.29. The topological polar surface area (TPSA) is 78.9 Å². The van der Waals surface area contributed by atoms with Crippen LogP contribution in [0.1, 0.15) is 323 Å². The molecular formula is C57H110O6. The molecule has 0 aliphatic rings. The van der Waals surface area contributed by atoms with E-state index in [0.717, 1.165) is 63.7 Å². The molecule has 0 rings (SSSR count). The predicted molar refractivity (Wildman–Crippen MR) is 270 cm³/mol. The average Bonchev–Trinajstić information content (AvgIpc) is 3.27. The quantitative estimate of drug-likeness (QED) is 0.0344. The van der Waals surface area contributed by atoms with Crippen LogP contribution >= 0.6 is 0 Å². The number of esters is 3. The molecule has 1 atom stereocenters. The molecule has 63 heavy (non-hydrogen) atoms. The summed E-state index contributed by atoms with van der Waals surface area (Å²) in [6, 6.07) is 0. The average molecular weight is 892 g/mol. The van der Waals surface area contributed by atoms with E-state index in [0.29, 0.717) is 19.3 Å². The van der Waals surface area contributed by atoms with Gasteiger partial charge in [-0.05, 0) is 25.2 Å². The van der Waals surface area contributed by atoms with Crippen LogP contribution in [0.15, 0.2) is 0 Å². The molecule has 0 bridgehead atoms. The molecule has 6 nitrogen and oxygen atoms in total. The lowest BCUT2D eigenvalue weighted by Crippen LogP contribution is -2.30. The lowest BCUT2D eigenvalue weighted by Gasteiger charge is -2.18. The summed E-state index contributed by atoms with van der Waals surface area (Å²) in [5, 5.41) is 0. The van der Waals surface area contributed by atoms with Gasteiger partial charge in [0.2, 0.25) is 0 Å². The first-order chi connectivity index (χ1) is 30.9. The monoisotopic (exact) mass is 891 g/mol. The maximum atomic E-state index is 12.8. The molecule has 0 saturated heterocycles. The predicted octanol–water partition coefficient (Wildman–Crippen LogP) is 18.6. The minimum Gasteiger partial charge on any atom is -0.462 e. The molecule has 0 spiro atoms. The van der Waals surface area contributed by atoms with Crippen molar-refractivity contribution in [1.82, 2.24) is 0 Å². The van der Waals surface area contributed by atoms with Crippen molar-refractivity contribution in [2.24, 2.45) is 5.92 Å². The number of hydrogen-bond donors (Lipinski definition) is 0. The second-order valence-electron chi connectivity index (χ2n) is 20.1. The summed E-state index contributed by atoms with van der Waals surface area (Å²) < 4.78 is 16.9. The molecule has 0 aromatic heterocycles. The van der Waals surface area contributed by atoms with E-state index in [9.17, 15) is 14.4 Å². The maximum absolute atomic E-state index is 12.8. The van der Waals surface area contributed by atoms with Crippen LogP contribution in [0.2, 0.25) is 0 Å². The molecule has 0 radical (unpaired) electrons. The van der Waals surface area contributed by atoms with Gasteiger partial charge in [-0.3, -0.25) is 14.4 Å². The van der Waals surface area contributed by atoms with Gasteiger partial charge < -0.3 is 14.2 Å². The SMILES string of the molecule is CCCCCCCCCCCCCCCCCCCC(=O)OC[C@H](COC(=O)CCCCCCCCCCCCCC(C)C)OC(=O)CCCCCCCCCCCCCCCC. The molecular weight excluding hydrogens is 781 g/mol. The number of carbonyl (C=O) groups is 3. The smallest absolute Gasteiger partial charge is 0.306 e. The third-order valence-corrected chi connectivity index (χ3v) is 13.0. The first-order valence-electron chi connectivity index (χ1n) is 28.4. The van der Waals surface area contributed by atoms with Crippen LogP contribution in [-0.2, 0) is 28.6 Å². The van der Waals surface area contributed by atoms with E-state index >= 15 is 0 Å². The van der Waals surface area contributed by atoms with E-state index in [1.807, 2.05) is 0 Å². The van der Waals surface area contributed by atoms with Gasteiger partial charge in [-0.25, -0.2) is 0 Å². The largest absolute Gasteiger partial charge is 0.462 e. The van der Waals surface area contributed by atoms with E-state index in [-0.39, 0.29) is 31.1 Å². The summed E-state index contributed by atoms with van der Waals surface area (Å²) in [5.74, 6) is -0.0101. The van der Waals surface area contributed by atoms with Crippen LogP contribution in [0.25, 0.3) is 0 Å². The Morgan fingerprint density at radius 1 is 0.302 bits per heavy atom. The van der Waals surface area contributed by atoms with E-state index in [1.54, 1.807) is 0 Å². The van der Waals surface area contributed by atoms with Crippen molar-refractivity contribution < 1.29 is 28.6 Å². The van der Waals surface area contributed by atoms with Crippen LogP contribution in [0, 0.1) is 5.92 Å². The molecule has 0 amide bonds. The van der Waals surface area contributed by atoms with Crippen molar-refractivity contribution in [3.05, 3.63) is 0 Å². The zero-order valence-electron chi connectivity index (χ0n) is 43.0. The highest BCUT2D eigenvalue weighted by atomic mass is 16.6. The first kappa shape index (κ1) is 61.4. The molecule has 0 heterocycles. The van der Waals surface area contributed by atoms with Crippen molar-refractivity contribution in [3.8, 4) is 0 Å². The highest BCUT2D eigenvalue weighted by molar-refractivity contribution is 5.71. The zero-order valence-corrected chi connectivity index (χ0v) is 43.0. The molecule has 0 fully saturated rings. The second kappa shape index (κ2) is 51.4. The summed E-state index contributed by atoms with van der Waals surface area (Å²) in [7, 11) is 0. The van der Waals surface area contributed by atoms with E-state index in [4.69, 9.17) is 14.2 Å². The van der Waals surface area contributed by atoms with E-state index in [1.165, 1.54) is 218 Å². The Morgan fingerprint density at radius 2 is 0.524 bits per heavy atom. The molecule has 0 aromatic carbocycles. The fourth-order valence-electron chi connectivity index (χ4n) is 8.75. The summed E-state index contributed by atoms with van der Waals surface area (Å²) in [6.07, 6.45) is 55.2. The van der Waals surface area contributed by atoms with Gasteiger partial charge in [0, 0.05) is 19.3 Å². The van der Waals surface area contributed by atoms with Crippen LogP contribution in [0.5, 0.6) is 0 Å². The van der Waals surface area contributed by atoms with Crippen LogP contribution in [0.3, 0.4) is 0 Å². The fourth-order valence-corrected chi connectivity index (χ4v) is 8.75. The van der Waals surface area contributed by atoms with Crippen molar-refractivity contribution >= 4 is 17.9 Å². The van der Waals surface area contributed by atoms with Crippen LogP contribution in [0.4, 0.5) is 0 Å². The first-order valence-corrected chi connectivity index (χ1v) is 28.4. The standard InChI is InChI=1S/C57H110O6/c1-5-7-9-11-13-15-17-19-21-22-23-25-28-32-36-40-44-48-55(58)61-51-54(63-57(60)50-46-42-38-34-29-24-20-18-16-14-12-10-8-6-2)52-62-56(59)49-45-41-37-33-30-26-27-31-35-39-43-47-53(3)4/h53-54H,5-52H2,1-4H3/t54-/m1/s1. The summed E-state index contributed by atoms with van der Waals surface area (Å²) in [5.41, 5.74) is 0. The Kier molecular flexibility index (Phi) is 50.1. The van der Waals surface area contributed by atoms with Gasteiger partial charge in [0.25, 0.3) is 0 Å². The number of rotatable bonds is 52. The third kappa shape index (κ3) is 51.3. The zero-order chi connectivity index (χ0) is 45.9. The Labute approximate surface area is 393 Å². The van der Waals surface area contributed by atoms with Gasteiger partial charge in [-0.15, -0.1) is 0 Å². The van der Waals surface area contributed by atoms with Crippen molar-refractivity contribution in [2.45, 2.75) is 329 Å². The molecule has 0 unspecified atom stereocenters. The maximum Gasteiger partial charge on any atom is 0.306 e. The molecule has 0 N–H and O–H groups in total. The van der Waals surface area contributed by atoms with Gasteiger partial charge in [-0.2, -0.15) is 0 Å². The van der Waals surface area contributed by atoms with Gasteiger partial charge in [0.05, 0.1) is 0 Å². The number of unbranched alkanes of at least 4 members (excludes halogenated alkanes) is 39. The Hall–Kier alpha value is -1.59. The third-order valence-electron chi connectivity index (χ3n) is 13.0. The van der Waals surface area contributed by atoms with Gasteiger partial charge in [0.1, 0.15) is 13.2 Å². The summed E-state index contributed by atoms with van der Waals surface area (Å²) in [6.45, 7) is 9.05. The van der Waals surface area contributed by atoms with Crippen molar-refractivity contribution in [3.63, 3.8) is 0 Å². The fraction of sp³-hybridized carbons (Fsp3) is 0.947. The lowest BCUT2D eigenvalue weighted by atomic mass is 10.0. The summed E-state index contributed by atoms with van der Waals surface area (Å²) >= 11 is 0. The second-order valence-corrected chi connectivity index (χ2v) is 20.1. The highest BCUT2D eigenvalue weighted by Gasteiger charge is 2.19. The van der Waals surface area contributed by atoms with Gasteiger partial charge in [0.15, 0.2) is 6.10 Å². The summed E-state index contributed by atoms with van der Waals surface area (Å²) in [4.78, 5) is 38.1. The Morgan fingerprint density at radius 3 is 0.778 bits per heavy atom. The molecule has 0 aromatic rings. The number of carbonyl (C=O) groups excluding carboxylic acids is 3. The minimum atomic E-state index is -0.761. The lowest BCUT2D eigenvalue weighted by molar-refractivity contribution is -0.167. The van der Waals surface area contributed by atoms with E-state index < -0.39 is 6.10 Å². The van der Waals surface area contributed by atoms with E-state index in [2.05, 4.69) is 27.7 Å². The Bertz CT molecular complexity index is 949. The van der Waals surface area contributed by atoms with Crippen molar-refractivity contribution in [2.75, 3.05) is 13.2 Å². The minimum absolute atomic E-state index is 0.0620. The van der Waals surface area contributed by atoms with Crippen LogP contribution in [-0.4, -0.2) is 37.2 Å². The van der Waals surface area contributed by atoms with Crippen LogP contribution < -0.4 is 0 Å². The normalized spacial score (nSPS) is 12.0. The number of hydrogen-bond acceptors (Lipinski definition) is 6. The van der Waals surface area contributed by atoms with Crippen molar-refractivity contribution in [1.29, 1.82) is 0 Å². The molecule has 0 aliphatic carbocycles. The number of ether oxygens (including phenoxy) is 3. The highest BCUT2D eigenvalue weighted by Crippen LogP contribution is 2.18. The molecule has 0 aliphatic heterocycles. The van der Waals surface area contributed by atoms with Gasteiger partial charge in [-0.1, -0.05) is 285 Å². The molecule has 0 saturated carbocycles. The molecule has 6 heteroatoms. The molecule has 374 valence electrons. The van der Waals surface area contributed by atoms with Gasteiger partial charge >= 0.3 is 17.9 Å².